The average Bonchev–Trinajstić information content (AvgIpc) is 2.09. The third-order valence-electron chi connectivity index (χ3n) is 3.21. The van der Waals surface area contributed by atoms with Gasteiger partial charge in [0.05, 0.1) is 0 Å². The van der Waals surface area contributed by atoms with Gasteiger partial charge in [0.25, 0.3) is 0 Å². The molecule has 0 aliphatic rings. The number of nitrogens with two attached hydrogens (primary N) is 1. The van der Waals surface area contributed by atoms with Gasteiger partial charge in [-0.1, -0.05) is 20.8 Å². The third-order valence-corrected chi connectivity index (χ3v) is 3.21. The summed E-state index contributed by atoms with van der Waals surface area (Å²) < 4.78 is 0. The largest absolute Gasteiger partial charge is 0.343 e. The summed E-state index contributed by atoms with van der Waals surface area (Å²) >= 11 is 0. The molecule has 3 nitrogen and oxygen atoms in total. The first-order chi connectivity index (χ1) is 6.95. The Kier molecular flexibility index (Phi) is 4.99. The lowest BCUT2D eigenvalue weighted by Gasteiger charge is -2.35. The summed E-state index contributed by atoms with van der Waals surface area (Å²) in [5.74, 6) is 0.181. The highest BCUT2D eigenvalue weighted by Crippen LogP contribution is 2.23. The Labute approximate surface area is 100 Å². The maximum absolute atomic E-state index is 11.9. The Bertz CT molecular complexity index is 235. The summed E-state index contributed by atoms with van der Waals surface area (Å²) in [5, 5.41) is 0. The molecule has 0 fully saturated rings. The molecule has 0 aromatic carbocycles. The fourth-order valence-electron chi connectivity index (χ4n) is 1.40. The normalized spacial score (nSPS) is 14.8. The summed E-state index contributed by atoms with van der Waals surface area (Å²) in [4.78, 5) is 13.8. The molecule has 3 heteroatoms. The monoisotopic (exact) mass is 228 g/mol. The molecule has 0 aliphatic carbocycles. The summed E-state index contributed by atoms with van der Waals surface area (Å²) in [5.41, 5.74) is 5.73. The first-order valence-corrected chi connectivity index (χ1v) is 5.99. The van der Waals surface area contributed by atoms with Gasteiger partial charge in [0, 0.05) is 25.0 Å². The van der Waals surface area contributed by atoms with Crippen molar-refractivity contribution in [2.75, 3.05) is 7.05 Å². The van der Waals surface area contributed by atoms with Crippen molar-refractivity contribution in [2.45, 2.75) is 66.0 Å². The Morgan fingerprint density at radius 3 is 2.00 bits per heavy atom. The molecule has 0 rings (SSSR count). The number of carbonyl (C=O) groups is 1. The zero-order chi connectivity index (χ0) is 13.1. The number of rotatable bonds is 4. The second-order valence-electron chi connectivity index (χ2n) is 6.54. The first kappa shape index (κ1) is 15.4. The zero-order valence-corrected chi connectivity index (χ0v) is 11.9. The third kappa shape index (κ3) is 5.50. The van der Waals surface area contributed by atoms with Crippen LogP contribution in [0.4, 0.5) is 0 Å². The molecule has 16 heavy (non-hydrogen) atoms. The lowest BCUT2D eigenvalue weighted by Crippen LogP contribution is -2.44. The van der Waals surface area contributed by atoms with Crippen LogP contribution in [0.25, 0.3) is 0 Å². The molecule has 0 spiro atoms. The highest BCUT2D eigenvalue weighted by atomic mass is 16.2. The van der Waals surface area contributed by atoms with Crippen LogP contribution in [0.3, 0.4) is 0 Å². The average molecular weight is 228 g/mol. The van der Waals surface area contributed by atoms with E-state index in [1.165, 1.54) is 0 Å². The van der Waals surface area contributed by atoms with E-state index in [0.717, 1.165) is 6.42 Å². The Morgan fingerprint density at radius 1 is 1.25 bits per heavy atom. The van der Waals surface area contributed by atoms with Crippen molar-refractivity contribution < 1.29 is 4.79 Å². The second-order valence-corrected chi connectivity index (χ2v) is 6.54. The van der Waals surface area contributed by atoms with Crippen LogP contribution in [-0.4, -0.2) is 29.4 Å². The van der Waals surface area contributed by atoms with Gasteiger partial charge in [0.2, 0.25) is 5.91 Å². The molecule has 0 radical (unpaired) electrons. The van der Waals surface area contributed by atoms with Gasteiger partial charge >= 0.3 is 0 Å². The smallest absolute Gasteiger partial charge is 0.222 e. The van der Waals surface area contributed by atoms with Crippen LogP contribution in [-0.2, 0) is 4.79 Å². The van der Waals surface area contributed by atoms with E-state index in [4.69, 9.17) is 5.73 Å². The van der Waals surface area contributed by atoms with Crippen molar-refractivity contribution in [3.8, 4) is 0 Å². The van der Waals surface area contributed by atoms with E-state index in [1.54, 1.807) is 0 Å². The molecule has 1 amide bonds. The van der Waals surface area contributed by atoms with Gasteiger partial charge in [-0.3, -0.25) is 4.79 Å². The van der Waals surface area contributed by atoms with Crippen molar-refractivity contribution >= 4 is 5.91 Å². The van der Waals surface area contributed by atoms with Crippen LogP contribution in [0.5, 0.6) is 0 Å². The number of amides is 1. The summed E-state index contributed by atoms with van der Waals surface area (Å²) in [6, 6.07) is 0.237. The van der Waals surface area contributed by atoms with Gasteiger partial charge in [0.1, 0.15) is 0 Å². The SMILES string of the molecule is CC(N(C)C(=O)CCC(C)(C)N)C(C)(C)C. The molecule has 1 unspecified atom stereocenters. The van der Waals surface area contributed by atoms with Gasteiger partial charge in [-0.25, -0.2) is 0 Å². The van der Waals surface area contributed by atoms with E-state index >= 15 is 0 Å². The Balaban J connectivity index is 4.30. The topological polar surface area (TPSA) is 46.3 Å². The van der Waals surface area contributed by atoms with Crippen LogP contribution >= 0.6 is 0 Å². The van der Waals surface area contributed by atoms with Gasteiger partial charge in [0.15, 0.2) is 0 Å². The number of nitrogens with zero attached hydrogens (tertiary/aromatic N) is 1. The maximum Gasteiger partial charge on any atom is 0.222 e. The lowest BCUT2D eigenvalue weighted by molar-refractivity contribution is -0.134. The minimum atomic E-state index is -0.262. The zero-order valence-electron chi connectivity index (χ0n) is 11.9. The standard InChI is InChI=1S/C13H28N2O/c1-10(12(2,3)4)15(7)11(16)8-9-13(5,6)14/h10H,8-9,14H2,1-7H3. The summed E-state index contributed by atoms with van der Waals surface area (Å²) in [6.45, 7) is 12.4. The molecule has 0 aliphatic heterocycles. The van der Waals surface area contributed by atoms with Gasteiger partial charge in [-0.15, -0.1) is 0 Å². The van der Waals surface area contributed by atoms with Gasteiger partial charge < -0.3 is 10.6 Å². The van der Waals surface area contributed by atoms with Gasteiger partial charge in [-0.05, 0) is 32.6 Å². The van der Waals surface area contributed by atoms with Crippen molar-refractivity contribution in [2.24, 2.45) is 11.1 Å². The van der Waals surface area contributed by atoms with Crippen molar-refractivity contribution in [3.05, 3.63) is 0 Å². The quantitative estimate of drug-likeness (QED) is 0.803. The van der Waals surface area contributed by atoms with E-state index in [0.29, 0.717) is 6.42 Å². The predicted molar refractivity (Wildman–Crippen MR) is 69.2 cm³/mol. The fraction of sp³-hybridized carbons (Fsp3) is 0.923. The number of hydrogen-bond donors (Lipinski definition) is 1. The van der Waals surface area contributed by atoms with E-state index in [-0.39, 0.29) is 22.9 Å². The van der Waals surface area contributed by atoms with Gasteiger partial charge in [-0.2, -0.15) is 0 Å². The Hall–Kier alpha value is -0.570. The van der Waals surface area contributed by atoms with E-state index in [2.05, 4.69) is 27.7 Å². The van der Waals surface area contributed by atoms with Crippen LogP contribution in [0.15, 0.2) is 0 Å². The van der Waals surface area contributed by atoms with Crippen LogP contribution in [0.1, 0.15) is 54.4 Å². The molecule has 0 saturated heterocycles. The number of hydrogen-bond acceptors (Lipinski definition) is 2. The lowest BCUT2D eigenvalue weighted by atomic mass is 9.87. The van der Waals surface area contributed by atoms with Crippen LogP contribution < -0.4 is 5.73 Å². The highest BCUT2D eigenvalue weighted by Gasteiger charge is 2.27. The molecule has 0 heterocycles. The van der Waals surface area contributed by atoms with Crippen molar-refractivity contribution in [1.82, 2.24) is 4.90 Å². The molecule has 0 aromatic heterocycles. The molecule has 1 atom stereocenters. The minimum Gasteiger partial charge on any atom is -0.343 e. The van der Waals surface area contributed by atoms with Crippen molar-refractivity contribution in [1.29, 1.82) is 0 Å². The second kappa shape index (κ2) is 5.17. The Morgan fingerprint density at radius 2 is 1.69 bits per heavy atom. The minimum absolute atomic E-state index is 0.114. The van der Waals surface area contributed by atoms with Crippen LogP contribution in [0.2, 0.25) is 0 Å². The highest BCUT2D eigenvalue weighted by molar-refractivity contribution is 5.76. The van der Waals surface area contributed by atoms with Crippen LogP contribution in [0, 0.1) is 5.41 Å². The first-order valence-electron chi connectivity index (χ1n) is 5.99. The summed E-state index contributed by atoms with van der Waals surface area (Å²) in [6.07, 6.45) is 1.26. The van der Waals surface area contributed by atoms with E-state index in [9.17, 15) is 4.79 Å². The molecule has 96 valence electrons. The number of carbonyl (C=O) groups excluding carboxylic acids is 1. The fourth-order valence-corrected chi connectivity index (χ4v) is 1.40. The molecule has 0 aromatic rings. The predicted octanol–water partition coefficient (Wildman–Crippen LogP) is 2.40. The van der Waals surface area contributed by atoms with Crippen molar-refractivity contribution in [3.63, 3.8) is 0 Å². The molecule has 0 saturated carbocycles. The van der Waals surface area contributed by atoms with E-state index in [1.807, 2.05) is 25.8 Å². The molecule has 2 N–H and O–H groups in total. The molecular weight excluding hydrogens is 200 g/mol. The van der Waals surface area contributed by atoms with E-state index < -0.39 is 0 Å². The molecule has 0 bridgehead atoms. The molecular formula is C13H28N2O. The summed E-state index contributed by atoms with van der Waals surface area (Å²) in [7, 11) is 1.88. The maximum atomic E-state index is 11.9.